The number of carbonyl (C=O) groups is 2. The Morgan fingerprint density at radius 3 is 2.70 bits per heavy atom. The molecule has 3 atom stereocenters. The minimum atomic E-state index is -0.576. The van der Waals surface area contributed by atoms with Gasteiger partial charge in [-0.2, -0.15) is 0 Å². The number of carbonyl (C=O) groups excluding carboxylic acids is 2. The maximum Gasteiger partial charge on any atom is 0.344 e. The van der Waals surface area contributed by atoms with E-state index >= 15 is 0 Å². The lowest BCUT2D eigenvalue weighted by atomic mass is 9.75. The number of fused-ring (bicyclic) bond motifs is 1. The lowest BCUT2D eigenvalue weighted by molar-refractivity contribution is -0.159. The lowest BCUT2D eigenvalue weighted by Gasteiger charge is -2.36. The fraction of sp³-hybridized carbons (Fsp3) is 0.407. The normalized spacial score (nSPS) is 20.5. The summed E-state index contributed by atoms with van der Waals surface area (Å²) in [5.41, 5.74) is 2.44. The van der Waals surface area contributed by atoms with Gasteiger partial charge in [0.2, 0.25) is 0 Å². The highest BCUT2D eigenvalue weighted by Crippen LogP contribution is 2.35. The fourth-order valence-electron chi connectivity index (χ4n) is 4.66. The molecular formula is C27H30N2O4. The van der Waals surface area contributed by atoms with Gasteiger partial charge in [-0.3, -0.25) is 4.98 Å². The van der Waals surface area contributed by atoms with E-state index in [0.29, 0.717) is 39.9 Å². The van der Waals surface area contributed by atoms with Gasteiger partial charge in [0.1, 0.15) is 6.10 Å². The molecule has 4 rings (SSSR count). The second-order valence-corrected chi connectivity index (χ2v) is 9.24. The Bertz CT molecular complexity index is 1130. The number of hydrogen-bond donors (Lipinski definition) is 0. The molecule has 6 heteroatoms. The lowest BCUT2D eigenvalue weighted by Crippen LogP contribution is -2.36. The average Bonchev–Trinajstić information content (AvgIpc) is 2.82. The van der Waals surface area contributed by atoms with Crippen molar-refractivity contribution in [3.63, 3.8) is 0 Å². The van der Waals surface area contributed by atoms with E-state index in [9.17, 15) is 9.59 Å². The van der Waals surface area contributed by atoms with Crippen LogP contribution < -0.4 is 0 Å². The van der Waals surface area contributed by atoms with E-state index in [1.54, 1.807) is 18.5 Å². The first-order chi connectivity index (χ1) is 15.9. The highest BCUT2D eigenvalue weighted by atomic mass is 16.6. The van der Waals surface area contributed by atoms with Crippen molar-refractivity contribution in [1.29, 1.82) is 0 Å². The van der Waals surface area contributed by atoms with Gasteiger partial charge in [-0.1, -0.05) is 45.4 Å². The number of nitrogens with zero attached hydrogens (tertiary/aromatic N) is 2. The van der Waals surface area contributed by atoms with Gasteiger partial charge in [0.15, 0.2) is 6.61 Å². The van der Waals surface area contributed by atoms with Gasteiger partial charge in [-0.05, 0) is 54.9 Å². The predicted molar refractivity (Wildman–Crippen MR) is 126 cm³/mol. The average molecular weight is 447 g/mol. The van der Waals surface area contributed by atoms with Gasteiger partial charge in [0, 0.05) is 23.3 Å². The van der Waals surface area contributed by atoms with Crippen LogP contribution in [0.15, 0.2) is 54.9 Å². The van der Waals surface area contributed by atoms with Crippen LogP contribution in [0, 0.1) is 17.8 Å². The summed E-state index contributed by atoms with van der Waals surface area (Å²) in [7, 11) is 0. The first kappa shape index (κ1) is 22.9. The van der Waals surface area contributed by atoms with Crippen molar-refractivity contribution in [2.45, 2.75) is 46.1 Å². The number of pyridine rings is 2. The quantitative estimate of drug-likeness (QED) is 0.468. The molecule has 6 nitrogen and oxygen atoms in total. The highest BCUT2D eigenvalue weighted by molar-refractivity contribution is 6.05. The highest BCUT2D eigenvalue weighted by Gasteiger charge is 2.33. The molecule has 2 aromatic heterocycles. The second kappa shape index (κ2) is 10.1. The number of ether oxygens (including phenoxy) is 2. The van der Waals surface area contributed by atoms with Gasteiger partial charge >= 0.3 is 11.9 Å². The maximum absolute atomic E-state index is 13.0. The predicted octanol–water partition coefficient (Wildman–Crippen LogP) is 5.46. The zero-order chi connectivity index (χ0) is 23.4. The number of aromatic nitrogens is 2. The molecule has 0 N–H and O–H groups in total. The summed E-state index contributed by atoms with van der Waals surface area (Å²) in [4.78, 5) is 34.3. The summed E-state index contributed by atoms with van der Waals surface area (Å²) in [5.74, 6) is 0.223. The molecule has 1 fully saturated rings. The van der Waals surface area contributed by atoms with E-state index in [1.165, 1.54) is 0 Å². The minimum Gasteiger partial charge on any atom is -0.460 e. The van der Waals surface area contributed by atoms with Crippen molar-refractivity contribution in [3.8, 4) is 11.3 Å². The SMILES string of the molecule is CC1CCC(C(C)C)C(OC(=O)COC(=O)c2cc(-c3cccnc3)nc3ccccc23)C1. The van der Waals surface area contributed by atoms with E-state index < -0.39 is 18.5 Å². The van der Waals surface area contributed by atoms with Crippen molar-refractivity contribution in [3.05, 3.63) is 60.4 Å². The standard InChI is InChI=1S/C27H30N2O4/c1-17(2)20-11-10-18(3)13-25(20)33-26(30)16-32-27(31)22-14-24(19-7-6-12-28-15-19)29-23-9-5-4-8-21(22)23/h4-9,12,14-15,17-18,20,25H,10-11,13,16H2,1-3H3. The molecule has 2 heterocycles. The molecule has 0 aliphatic heterocycles. The second-order valence-electron chi connectivity index (χ2n) is 9.24. The van der Waals surface area contributed by atoms with E-state index in [4.69, 9.17) is 9.47 Å². The first-order valence-corrected chi connectivity index (χ1v) is 11.6. The number of para-hydroxylation sites is 1. The van der Waals surface area contributed by atoms with Gasteiger partial charge < -0.3 is 9.47 Å². The molecule has 3 unspecified atom stereocenters. The Balaban J connectivity index is 1.49. The van der Waals surface area contributed by atoms with Crippen LogP contribution in [-0.4, -0.2) is 34.6 Å². The zero-order valence-corrected chi connectivity index (χ0v) is 19.4. The zero-order valence-electron chi connectivity index (χ0n) is 19.4. The number of rotatable bonds is 6. The molecule has 0 bridgehead atoms. The van der Waals surface area contributed by atoms with Crippen LogP contribution in [0.1, 0.15) is 50.4 Å². The Morgan fingerprint density at radius 1 is 1.12 bits per heavy atom. The topological polar surface area (TPSA) is 78.4 Å². The van der Waals surface area contributed by atoms with E-state index in [1.807, 2.05) is 36.4 Å². The van der Waals surface area contributed by atoms with Crippen LogP contribution in [-0.2, 0) is 14.3 Å². The summed E-state index contributed by atoms with van der Waals surface area (Å²) >= 11 is 0. The van der Waals surface area contributed by atoms with Crippen LogP contribution >= 0.6 is 0 Å². The molecule has 172 valence electrons. The van der Waals surface area contributed by atoms with Gasteiger partial charge in [0.05, 0.1) is 16.8 Å². The molecule has 0 saturated heterocycles. The summed E-state index contributed by atoms with van der Waals surface area (Å²) in [5, 5.41) is 0.671. The van der Waals surface area contributed by atoms with Gasteiger partial charge in [-0.15, -0.1) is 0 Å². The van der Waals surface area contributed by atoms with Crippen LogP contribution in [0.3, 0.4) is 0 Å². The summed E-state index contributed by atoms with van der Waals surface area (Å²) in [6, 6.07) is 12.8. The van der Waals surface area contributed by atoms with Crippen LogP contribution in [0.25, 0.3) is 22.2 Å². The third kappa shape index (κ3) is 5.38. The van der Waals surface area contributed by atoms with Crippen molar-refractivity contribution in [2.24, 2.45) is 17.8 Å². The van der Waals surface area contributed by atoms with E-state index in [0.717, 1.165) is 24.8 Å². The van der Waals surface area contributed by atoms with Crippen LogP contribution in [0.4, 0.5) is 0 Å². The molecule has 0 radical (unpaired) electrons. The molecule has 0 spiro atoms. The third-order valence-corrected chi connectivity index (χ3v) is 6.46. The number of benzene rings is 1. The number of hydrogen-bond acceptors (Lipinski definition) is 6. The third-order valence-electron chi connectivity index (χ3n) is 6.46. The monoisotopic (exact) mass is 446 g/mol. The molecule has 1 aliphatic carbocycles. The Hall–Kier alpha value is -3.28. The summed E-state index contributed by atoms with van der Waals surface area (Å²) in [6.07, 6.45) is 6.31. The maximum atomic E-state index is 13.0. The van der Waals surface area contributed by atoms with Crippen molar-refractivity contribution < 1.29 is 19.1 Å². The van der Waals surface area contributed by atoms with Gasteiger partial charge in [-0.25, -0.2) is 14.6 Å². The molecule has 33 heavy (non-hydrogen) atoms. The first-order valence-electron chi connectivity index (χ1n) is 11.6. The number of esters is 2. The molecule has 0 amide bonds. The fourth-order valence-corrected chi connectivity index (χ4v) is 4.66. The summed E-state index contributed by atoms with van der Waals surface area (Å²) < 4.78 is 11.2. The molecular weight excluding hydrogens is 416 g/mol. The van der Waals surface area contributed by atoms with Crippen molar-refractivity contribution in [1.82, 2.24) is 9.97 Å². The Labute approximate surface area is 194 Å². The van der Waals surface area contributed by atoms with E-state index in [-0.39, 0.29) is 6.10 Å². The molecule has 1 aliphatic rings. The van der Waals surface area contributed by atoms with Crippen molar-refractivity contribution >= 4 is 22.8 Å². The smallest absolute Gasteiger partial charge is 0.344 e. The molecule has 1 aromatic carbocycles. The van der Waals surface area contributed by atoms with Crippen LogP contribution in [0.5, 0.6) is 0 Å². The summed E-state index contributed by atoms with van der Waals surface area (Å²) in [6.45, 7) is 6.10. The minimum absolute atomic E-state index is 0.126. The van der Waals surface area contributed by atoms with Gasteiger partial charge in [0.25, 0.3) is 0 Å². The molecule has 1 saturated carbocycles. The van der Waals surface area contributed by atoms with E-state index in [2.05, 4.69) is 30.7 Å². The van der Waals surface area contributed by atoms with Crippen molar-refractivity contribution in [2.75, 3.05) is 6.61 Å². The van der Waals surface area contributed by atoms with Crippen LogP contribution in [0.2, 0.25) is 0 Å². The Kier molecular flexibility index (Phi) is 7.02. The Morgan fingerprint density at radius 2 is 1.94 bits per heavy atom. The largest absolute Gasteiger partial charge is 0.460 e. The molecule has 3 aromatic rings.